The molecule has 1 atom stereocenters. The Morgan fingerprint density at radius 3 is 2.75 bits per heavy atom. The molecule has 0 saturated carbocycles. The average Bonchev–Trinajstić information content (AvgIpc) is 3.26. The molecular formula is C20H25N5O3. The van der Waals surface area contributed by atoms with Gasteiger partial charge in [-0.3, -0.25) is 9.69 Å². The van der Waals surface area contributed by atoms with Crippen LogP contribution in [0.5, 0.6) is 11.5 Å². The van der Waals surface area contributed by atoms with E-state index in [9.17, 15) is 4.79 Å². The van der Waals surface area contributed by atoms with Crippen molar-refractivity contribution in [3.8, 4) is 11.5 Å². The van der Waals surface area contributed by atoms with Gasteiger partial charge in [-0.25, -0.2) is 0 Å². The first-order chi connectivity index (χ1) is 13.7. The second-order valence-electron chi connectivity index (χ2n) is 7.67. The number of carbonyl (C=O) groups excluding carboxylic acids is 1. The van der Waals surface area contributed by atoms with Crippen molar-refractivity contribution >= 4 is 5.91 Å². The fourth-order valence-corrected chi connectivity index (χ4v) is 4.39. The van der Waals surface area contributed by atoms with Crippen molar-refractivity contribution in [1.29, 1.82) is 0 Å². The van der Waals surface area contributed by atoms with E-state index in [2.05, 4.69) is 26.7 Å². The summed E-state index contributed by atoms with van der Waals surface area (Å²) in [6.07, 6.45) is 3.03. The highest BCUT2D eigenvalue weighted by Gasteiger charge is 2.30. The molecule has 1 aromatic heterocycles. The molecule has 148 valence electrons. The molecule has 8 nitrogen and oxygen atoms in total. The lowest BCUT2D eigenvalue weighted by Crippen LogP contribution is -2.34. The van der Waals surface area contributed by atoms with Gasteiger partial charge in [-0.2, -0.15) is 0 Å². The van der Waals surface area contributed by atoms with Crippen molar-refractivity contribution < 1.29 is 14.3 Å². The highest BCUT2D eigenvalue weighted by Crippen LogP contribution is 2.32. The molecule has 1 fully saturated rings. The first kappa shape index (κ1) is 17.5. The van der Waals surface area contributed by atoms with Crippen LogP contribution in [0, 0.1) is 0 Å². The number of rotatable bonds is 2. The van der Waals surface area contributed by atoms with Crippen LogP contribution >= 0.6 is 0 Å². The van der Waals surface area contributed by atoms with Crippen LogP contribution in [-0.4, -0.2) is 70.4 Å². The maximum atomic E-state index is 13.1. The van der Waals surface area contributed by atoms with Crippen LogP contribution in [0.2, 0.25) is 0 Å². The van der Waals surface area contributed by atoms with Gasteiger partial charge in [-0.05, 0) is 44.6 Å². The largest absolute Gasteiger partial charge is 0.486 e. The lowest BCUT2D eigenvalue weighted by molar-refractivity contribution is 0.0757. The van der Waals surface area contributed by atoms with Crippen molar-refractivity contribution in [3.63, 3.8) is 0 Å². The number of aromatic nitrogens is 3. The number of likely N-dealkylation sites (tertiary alicyclic amines) is 1. The van der Waals surface area contributed by atoms with E-state index in [4.69, 9.17) is 9.47 Å². The standard InChI is InChI=1S/C20H25N5O3/c1-23-7-2-3-15(23)19-22-21-18-6-8-24(9-10-25(18)19)20(26)14-4-5-16-17(13-14)28-12-11-27-16/h4-5,13,15H,2-3,6-12H2,1H3. The minimum absolute atomic E-state index is 0.0234. The van der Waals surface area contributed by atoms with Crippen LogP contribution in [-0.2, 0) is 13.0 Å². The third-order valence-corrected chi connectivity index (χ3v) is 5.95. The topological polar surface area (TPSA) is 72.7 Å². The molecule has 5 rings (SSSR count). The minimum Gasteiger partial charge on any atom is -0.486 e. The number of amides is 1. The number of benzene rings is 1. The van der Waals surface area contributed by atoms with E-state index in [1.165, 1.54) is 6.42 Å². The van der Waals surface area contributed by atoms with Crippen LogP contribution in [0.15, 0.2) is 18.2 Å². The van der Waals surface area contributed by atoms with Crippen molar-refractivity contribution in [2.75, 3.05) is 39.9 Å². The first-order valence-corrected chi connectivity index (χ1v) is 10.0. The molecule has 0 bridgehead atoms. The number of carbonyl (C=O) groups is 1. The van der Waals surface area contributed by atoms with Gasteiger partial charge in [0.25, 0.3) is 5.91 Å². The molecule has 0 spiro atoms. The molecule has 3 aliphatic heterocycles. The number of fused-ring (bicyclic) bond motifs is 2. The lowest BCUT2D eigenvalue weighted by Gasteiger charge is -2.23. The minimum atomic E-state index is 0.0234. The summed E-state index contributed by atoms with van der Waals surface area (Å²) in [4.78, 5) is 17.3. The van der Waals surface area contributed by atoms with Gasteiger partial charge in [-0.1, -0.05) is 0 Å². The van der Waals surface area contributed by atoms with Gasteiger partial charge < -0.3 is 18.9 Å². The quantitative estimate of drug-likeness (QED) is 0.783. The van der Waals surface area contributed by atoms with Gasteiger partial charge in [0.15, 0.2) is 11.5 Å². The molecule has 0 aliphatic carbocycles. The van der Waals surface area contributed by atoms with Crippen LogP contribution < -0.4 is 9.47 Å². The SMILES string of the molecule is CN1CCCC1c1nnc2n1CCN(C(=O)c1ccc3c(c1)OCCO3)CC2. The maximum Gasteiger partial charge on any atom is 0.254 e. The molecule has 8 heteroatoms. The molecule has 3 aliphatic rings. The number of ether oxygens (including phenoxy) is 2. The maximum absolute atomic E-state index is 13.1. The first-order valence-electron chi connectivity index (χ1n) is 10.0. The molecule has 28 heavy (non-hydrogen) atoms. The summed E-state index contributed by atoms with van der Waals surface area (Å²) >= 11 is 0. The highest BCUT2D eigenvalue weighted by molar-refractivity contribution is 5.95. The van der Waals surface area contributed by atoms with Crippen molar-refractivity contribution in [3.05, 3.63) is 35.4 Å². The molecule has 1 saturated heterocycles. The third kappa shape index (κ3) is 3.01. The summed E-state index contributed by atoms with van der Waals surface area (Å²) in [5.41, 5.74) is 0.637. The summed E-state index contributed by atoms with van der Waals surface area (Å²) in [7, 11) is 2.15. The molecule has 2 aromatic rings. The van der Waals surface area contributed by atoms with Crippen molar-refractivity contribution in [1.82, 2.24) is 24.6 Å². The van der Waals surface area contributed by atoms with E-state index < -0.39 is 0 Å². The fraction of sp³-hybridized carbons (Fsp3) is 0.550. The zero-order chi connectivity index (χ0) is 19.1. The molecule has 1 unspecified atom stereocenters. The van der Waals surface area contributed by atoms with Crippen molar-refractivity contribution in [2.24, 2.45) is 0 Å². The Hall–Kier alpha value is -2.61. The van der Waals surface area contributed by atoms with E-state index in [1.807, 2.05) is 17.0 Å². The Morgan fingerprint density at radius 1 is 1.07 bits per heavy atom. The third-order valence-electron chi connectivity index (χ3n) is 5.95. The molecule has 0 N–H and O–H groups in total. The van der Waals surface area contributed by atoms with E-state index >= 15 is 0 Å². The molecule has 1 amide bonds. The van der Waals surface area contributed by atoms with E-state index in [0.717, 1.165) is 37.6 Å². The predicted octanol–water partition coefficient (Wildman–Crippen LogP) is 1.51. The summed E-state index contributed by atoms with van der Waals surface area (Å²) < 4.78 is 13.4. The predicted molar refractivity (Wildman–Crippen MR) is 102 cm³/mol. The average molecular weight is 383 g/mol. The van der Waals surface area contributed by atoms with E-state index in [0.29, 0.717) is 49.4 Å². The normalized spacial score (nSPS) is 22.0. The Bertz CT molecular complexity index is 896. The van der Waals surface area contributed by atoms with Crippen LogP contribution in [0.3, 0.4) is 0 Å². The second kappa shape index (κ2) is 7.09. The van der Waals surface area contributed by atoms with Crippen LogP contribution in [0.1, 0.15) is 40.9 Å². The summed E-state index contributed by atoms with van der Waals surface area (Å²) in [6, 6.07) is 5.77. The Kier molecular flexibility index (Phi) is 4.43. The van der Waals surface area contributed by atoms with Crippen molar-refractivity contribution in [2.45, 2.75) is 31.8 Å². The second-order valence-corrected chi connectivity index (χ2v) is 7.67. The number of nitrogens with zero attached hydrogens (tertiary/aromatic N) is 5. The highest BCUT2D eigenvalue weighted by atomic mass is 16.6. The van der Waals surface area contributed by atoms with Gasteiger partial charge in [0.2, 0.25) is 0 Å². The summed E-state index contributed by atoms with van der Waals surface area (Å²) in [6.45, 7) is 4.19. The number of hydrogen-bond donors (Lipinski definition) is 0. The Labute approximate surface area is 164 Å². The number of hydrogen-bond acceptors (Lipinski definition) is 6. The summed E-state index contributed by atoms with van der Waals surface area (Å²) in [5.74, 6) is 3.40. The Balaban J connectivity index is 1.33. The van der Waals surface area contributed by atoms with Gasteiger partial charge in [0, 0.05) is 31.6 Å². The van der Waals surface area contributed by atoms with Gasteiger partial charge >= 0.3 is 0 Å². The van der Waals surface area contributed by atoms with E-state index in [1.54, 1.807) is 6.07 Å². The van der Waals surface area contributed by atoms with E-state index in [-0.39, 0.29) is 5.91 Å². The monoisotopic (exact) mass is 383 g/mol. The van der Waals surface area contributed by atoms with Gasteiger partial charge in [0.1, 0.15) is 24.9 Å². The fourth-order valence-electron chi connectivity index (χ4n) is 4.39. The Morgan fingerprint density at radius 2 is 1.93 bits per heavy atom. The van der Waals surface area contributed by atoms with Crippen LogP contribution in [0.4, 0.5) is 0 Å². The summed E-state index contributed by atoms with van der Waals surface area (Å²) in [5, 5.41) is 8.92. The van der Waals surface area contributed by atoms with Gasteiger partial charge in [-0.15, -0.1) is 10.2 Å². The molecule has 4 heterocycles. The van der Waals surface area contributed by atoms with Gasteiger partial charge in [0.05, 0.1) is 6.04 Å². The van der Waals surface area contributed by atoms with Crippen LogP contribution in [0.25, 0.3) is 0 Å². The zero-order valence-electron chi connectivity index (χ0n) is 16.1. The lowest BCUT2D eigenvalue weighted by atomic mass is 10.1. The smallest absolute Gasteiger partial charge is 0.254 e. The molecule has 0 radical (unpaired) electrons. The molecular weight excluding hydrogens is 358 g/mol. The molecule has 1 aromatic carbocycles. The zero-order valence-corrected chi connectivity index (χ0v) is 16.1.